The molecular weight excluding hydrogens is 242 g/mol. The average Bonchev–Trinajstić information content (AvgIpc) is 2.24. The zero-order valence-electron chi connectivity index (χ0n) is 8.91. The van der Waals surface area contributed by atoms with E-state index < -0.39 is 16.1 Å². The molecule has 0 saturated heterocycles. The molecule has 0 spiro atoms. The number of carbonyl (C=O) groups excluding carboxylic acids is 1. The minimum Gasteiger partial charge on any atom is -0.386 e. The lowest BCUT2D eigenvalue weighted by Gasteiger charge is -2.23. The maximum Gasteiger partial charge on any atom is 0.348 e. The molecule has 1 aromatic rings. The van der Waals surface area contributed by atoms with Crippen molar-refractivity contribution < 1.29 is 13.2 Å². The Balaban J connectivity index is 2.30. The molecule has 1 aromatic carbocycles. The van der Waals surface area contributed by atoms with Gasteiger partial charge >= 0.3 is 10.2 Å². The van der Waals surface area contributed by atoms with E-state index in [9.17, 15) is 13.2 Å². The molecule has 90 valence electrons. The largest absolute Gasteiger partial charge is 0.386 e. The van der Waals surface area contributed by atoms with Crippen molar-refractivity contribution in [2.45, 2.75) is 13.0 Å². The van der Waals surface area contributed by atoms with Gasteiger partial charge in [0.15, 0.2) is 0 Å². The summed E-state index contributed by atoms with van der Waals surface area (Å²) >= 11 is 0. The Morgan fingerprint density at radius 3 is 2.53 bits per heavy atom. The number of hydrogen-bond acceptors (Lipinski definition) is 4. The highest BCUT2D eigenvalue weighted by atomic mass is 32.2. The smallest absolute Gasteiger partial charge is 0.348 e. The van der Waals surface area contributed by atoms with Crippen molar-refractivity contribution in [3.63, 3.8) is 0 Å². The van der Waals surface area contributed by atoms with Crippen molar-refractivity contribution in [1.29, 1.82) is 0 Å². The Bertz CT molecular complexity index is 566. The SMILES string of the molecule is NC1=NS(=O)(=O)N(Cc2ccccc2)C(=O)C1. The summed E-state index contributed by atoms with van der Waals surface area (Å²) < 4.78 is 27.3. The molecule has 0 saturated carbocycles. The van der Waals surface area contributed by atoms with Crippen LogP contribution in [0.5, 0.6) is 0 Å². The van der Waals surface area contributed by atoms with Gasteiger partial charge < -0.3 is 5.73 Å². The molecule has 0 atom stereocenters. The van der Waals surface area contributed by atoms with Gasteiger partial charge in [-0.1, -0.05) is 30.3 Å². The Kier molecular flexibility index (Phi) is 2.84. The lowest BCUT2D eigenvalue weighted by atomic mass is 10.2. The second kappa shape index (κ2) is 4.17. The van der Waals surface area contributed by atoms with Crippen molar-refractivity contribution >= 4 is 22.0 Å². The molecule has 1 aliphatic rings. The third kappa shape index (κ3) is 2.44. The molecule has 1 aliphatic heterocycles. The van der Waals surface area contributed by atoms with Gasteiger partial charge in [-0.2, -0.15) is 8.42 Å². The molecule has 2 rings (SSSR count). The van der Waals surface area contributed by atoms with Crippen molar-refractivity contribution in [1.82, 2.24) is 4.31 Å². The topological polar surface area (TPSA) is 92.8 Å². The first-order valence-corrected chi connectivity index (χ1v) is 6.32. The van der Waals surface area contributed by atoms with Crippen LogP contribution in [0.3, 0.4) is 0 Å². The molecule has 1 amide bonds. The van der Waals surface area contributed by atoms with Gasteiger partial charge in [0.1, 0.15) is 5.84 Å². The number of carbonyl (C=O) groups is 1. The highest BCUT2D eigenvalue weighted by Crippen LogP contribution is 2.16. The normalized spacial score (nSPS) is 18.9. The highest BCUT2D eigenvalue weighted by Gasteiger charge is 2.32. The number of hydrogen-bond donors (Lipinski definition) is 1. The van der Waals surface area contributed by atoms with Crippen LogP contribution >= 0.6 is 0 Å². The molecule has 7 heteroatoms. The number of rotatable bonds is 2. The fourth-order valence-electron chi connectivity index (χ4n) is 1.52. The molecular formula is C10H11N3O3S. The zero-order valence-corrected chi connectivity index (χ0v) is 9.72. The number of nitrogens with zero attached hydrogens (tertiary/aromatic N) is 2. The van der Waals surface area contributed by atoms with Gasteiger partial charge in [0, 0.05) is 0 Å². The molecule has 0 aliphatic carbocycles. The van der Waals surface area contributed by atoms with Crippen LogP contribution < -0.4 is 5.73 Å². The first-order chi connectivity index (χ1) is 7.99. The van der Waals surface area contributed by atoms with Crippen LogP contribution in [0.2, 0.25) is 0 Å². The van der Waals surface area contributed by atoms with Crippen LogP contribution in [-0.2, 0) is 21.5 Å². The second-order valence-corrected chi connectivity index (χ2v) is 5.14. The van der Waals surface area contributed by atoms with Crippen LogP contribution in [0.25, 0.3) is 0 Å². The quantitative estimate of drug-likeness (QED) is 0.804. The Hall–Kier alpha value is -1.89. The fourth-order valence-corrected chi connectivity index (χ4v) is 2.61. The maximum absolute atomic E-state index is 11.6. The average molecular weight is 253 g/mol. The molecule has 17 heavy (non-hydrogen) atoms. The standard InChI is InChI=1S/C10H11N3O3S/c11-9-6-10(14)13(17(15,16)12-9)7-8-4-2-1-3-5-8/h1-5H,6-7H2,(H2,11,12). The summed E-state index contributed by atoms with van der Waals surface area (Å²) in [6.07, 6.45) is -0.161. The predicted octanol–water partition coefficient (Wildman–Crippen LogP) is 0.0209. The summed E-state index contributed by atoms with van der Waals surface area (Å²) in [4.78, 5) is 11.6. The minimum absolute atomic E-state index is 0.0151. The summed E-state index contributed by atoms with van der Waals surface area (Å²) in [5.74, 6) is -0.722. The number of benzene rings is 1. The monoisotopic (exact) mass is 253 g/mol. The summed E-state index contributed by atoms with van der Waals surface area (Å²) in [6.45, 7) is -0.0151. The molecule has 0 fully saturated rings. The van der Waals surface area contributed by atoms with Crippen LogP contribution in [0, 0.1) is 0 Å². The molecule has 6 nitrogen and oxygen atoms in total. The molecule has 1 heterocycles. The molecule has 2 N–H and O–H groups in total. The lowest BCUT2D eigenvalue weighted by Crippen LogP contribution is -2.42. The van der Waals surface area contributed by atoms with Gasteiger partial charge in [0.2, 0.25) is 5.91 Å². The van der Waals surface area contributed by atoms with Crippen LogP contribution in [0.15, 0.2) is 34.7 Å². The highest BCUT2D eigenvalue weighted by molar-refractivity contribution is 7.88. The number of amides is 1. The van der Waals surface area contributed by atoms with Crippen molar-refractivity contribution in [3.8, 4) is 0 Å². The maximum atomic E-state index is 11.6. The number of nitrogens with two attached hydrogens (primary N) is 1. The minimum atomic E-state index is -3.97. The van der Waals surface area contributed by atoms with E-state index in [1.54, 1.807) is 24.3 Å². The van der Waals surface area contributed by atoms with E-state index in [2.05, 4.69) is 4.40 Å². The van der Waals surface area contributed by atoms with E-state index in [1.165, 1.54) is 0 Å². The zero-order chi connectivity index (χ0) is 12.5. The van der Waals surface area contributed by atoms with Crippen molar-refractivity contribution in [2.75, 3.05) is 0 Å². The molecule has 0 radical (unpaired) electrons. The van der Waals surface area contributed by atoms with E-state index in [-0.39, 0.29) is 18.8 Å². The summed E-state index contributed by atoms with van der Waals surface area (Å²) in [6, 6.07) is 8.84. The van der Waals surface area contributed by atoms with Gasteiger partial charge in [0.25, 0.3) is 0 Å². The lowest BCUT2D eigenvalue weighted by molar-refractivity contribution is -0.125. The first kappa shape index (κ1) is 11.6. The number of amidine groups is 1. The summed E-state index contributed by atoms with van der Waals surface area (Å²) in [5, 5.41) is 0. The molecule has 0 bridgehead atoms. The summed E-state index contributed by atoms with van der Waals surface area (Å²) in [7, 11) is -3.97. The Labute approximate surface area is 98.9 Å². The third-order valence-corrected chi connectivity index (χ3v) is 3.65. The van der Waals surface area contributed by atoms with Gasteiger partial charge in [-0.15, -0.1) is 4.40 Å². The molecule has 0 aromatic heterocycles. The third-order valence-electron chi connectivity index (χ3n) is 2.29. The Morgan fingerprint density at radius 1 is 1.29 bits per heavy atom. The second-order valence-electron chi connectivity index (χ2n) is 3.62. The van der Waals surface area contributed by atoms with Crippen LogP contribution in [-0.4, -0.2) is 24.5 Å². The fraction of sp³-hybridized carbons (Fsp3) is 0.200. The van der Waals surface area contributed by atoms with Gasteiger partial charge in [-0.3, -0.25) is 4.79 Å². The predicted molar refractivity (Wildman–Crippen MR) is 62.2 cm³/mol. The van der Waals surface area contributed by atoms with E-state index in [1.807, 2.05) is 6.07 Å². The molecule has 0 unspecified atom stereocenters. The first-order valence-electron chi connectivity index (χ1n) is 4.93. The Morgan fingerprint density at radius 2 is 1.94 bits per heavy atom. The van der Waals surface area contributed by atoms with E-state index in [0.717, 1.165) is 9.87 Å². The van der Waals surface area contributed by atoms with Crippen molar-refractivity contribution in [2.24, 2.45) is 10.1 Å². The van der Waals surface area contributed by atoms with Gasteiger partial charge in [0.05, 0.1) is 13.0 Å². The van der Waals surface area contributed by atoms with Crippen LogP contribution in [0.1, 0.15) is 12.0 Å². The van der Waals surface area contributed by atoms with E-state index in [0.29, 0.717) is 0 Å². The van der Waals surface area contributed by atoms with E-state index >= 15 is 0 Å². The van der Waals surface area contributed by atoms with Gasteiger partial charge in [-0.25, -0.2) is 4.31 Å². The van der Waals surface area contributed by atoms with Gasteiger partial charge in [-0.05, 0) is 5.56 Å². The van der Waals surface area contributed by atoms with Crippen molar-refractivity contribution in [3.05, 3.63) is 35.9 Å². The van der Waals surface area contributed by atoms with Crippen LogP contribution in [0.4, 0.5) is 0 Å². The summed E-state index contributed by atoms with van der Waals surface area (Å²) in [5.41, 5.74) is 6.00. The van der Waals surface area contributed by atoms with E-state index in [4.69, 9.17) is 5.73 Å².